The second-order valence-electron chi connectivity index (χ2n) is 7.20. The van der Waals surface area contributed by atoms with Crippen molar-refractivity contribution in [3.05, 3.63) is 29.3 Å². The van der Waals surface area contributed by atoms with Crippen molar-refractivity contribution in [3.8, 4) is 0 Å². The molecule has 0 atom stereocenters. The molecule has 27 heavy (non-hydrogen) atoms. The number of anilines is 1. The molecule has 0 radical (unpaired) electrons. The van der Waals surface area contributed by atoms with Crippen LogP contribution in [-0.2, 0) is 14.3 Å². The molecular weight excluding hydrogens is 346 g/mol. The molecule has 2 aliphatic heterocycles. The maximum Gasteiger partial charge on any atom is 0.254 e. The highest BCUT2D eigenvalue weighted by Gasteiger charge is 2.26. The minimum atomic E-state index is -0.112. The van der Waals surface area contributed by atoms with Gasteiger partial charge in [0.05, 0.1) is 13.2 Å². The third-order valence-electron chi connectivity index (χ3n) is 5.35. The van der Waals surface area contributed by atoms with E-state index < -0.39 is 0 Å². The number of nitrogens with one attached hydrogen (secondary N) is 1. The fourth-order valence-electron chi connectivity index (χ4n) is 3.53. The predicted octanol–water partition coefficient (Wildman–Crippen LogP) is 1.66. The van der Waals surface area contributed by atoms with Crippen molar-refractivity contribution in [1.82, 2.24) is 9.80 Å². The smallest absolute Gasteiger partial charge is 0.254 e. The summed E-state index contributed by atoms with van der Waals surface area (Å²) in [5.41, 5.74) is 2.17. The normalized spacial score (nSPS) is 18.3. The number of morpholine rings is 1. The van der Waals surface area contributed by atoms with Gasteiger partial charge >= 0.3 is 0 Å². The second-order valence-corrected chi connectivity index (χ2v) is 7.20. The zero-order valence-corrected chi connectivity index (χ0v) is 16.0. The molecule has 1 aromatic carbocycles. The number of hydrogen-bond acceptors (Lipinski definition) is 4. The van der Waals surface area contributed by atoms with E-state index in [9.17, 15) is 14.4 Å². The first kappa shape index (κ1) is 19.4. The summed E-state index contributed by atoms with van der Waals surface area (Å²) >= 11 is 0. The van der Waals surface area contributed by atoms with E-state index in [-0.39, 0.29) is 23.6 Å². The van der Waals surface area contributed by atoms with Gasteiger partial charge in [-0.3, -0.25) is 14.4 Å². The van der Waals surface area contributed by atoms with Crippen molar-refractivity contribution < 1.29 is 19.1 Å². The molecule has 0 aliphatic carbocycles. The number of nitrogens with zero attached hydrogens (tertiary/aromatic N) is 2. The maximum atomic E-state index is 12.7. The van der Waals surface area contributed by atoms with Gasteiger partial charge in [0.15, 0.2) is 0 Å². The van der Waals surface area contributed by atoms with Crippen molar-refractivity contribution in [2.45, 2.75) is 26.7 Å². The number of rotatable bonds is 3. The lowest BCUT2D eigenvalue weighted by Gasteiger charge is -2.30. The van der Waals surface area contributed by atoms with Gasteiger partial charge in [0.25, 0.3) is 5.91 Å². The number of hydrogen-bond donors (Lipinski definition) is 1. The number of carbonyl (C=O) groups excluding carboxylic acids is 3. The molecule has 1 N–H and O–H groups in total. The van der Waals surface area contributed by atoms with Crippen LogP contribution in [0.25, 0.3) is 0 Å². The van der Waals surface area contributed by atoms with Gasteiger partial charge in [0.2, 0.25) is 11.8 Å². The van der Waals surface area contributed by atoms with Crippen LogP contribution < -0.4 is 5.32 Å². The average molecular weight is 373 g/mol. The Morgan fingerprint density at radius 1 is 1.04 bits per heavy atom. The summed E-state index contributed by atoms with van der Waals surface area (Å²) in [5, 5.41) is 2.98. The van der Waals surface area contributed by atoms with E-state index in [4.69, 9.17) is 4.74 Å². The Morgan fingerprint density at radius 3 is 2.33 bits per heavy atom. The first-order chi connectivity index (χ1) is 13.0. The van der Waals surface area contributed by atoms with Gasteiger partial charge < -0.3 is 19.9 Å². The number of likely N-dealkylation sites (tertiary alicyclic amines) is 1. The van der Waals surface area contributed by atoms with Crippen LogP contribution >= 0.6 is 0 Å². The molecule has 2 fully saturated rings. The van der Waals surface area contributed by atoms with Crippen molar-refractivity contribution in [2.24, 2.45) is 5.92 Å². The van der Waals surface area contributed by atoms with Crippen LogP contribution in [0, 0.1) is 12.8 Å². The van der Waals surface area contributed by atoms with Gasteiger partial charge in [-0.15, -0.1) is 0 Å². The third kappa shape index (κ3) is 4.66. The summed E-state index contributed by atoms with van der Waals surface area (Å²) in [6.07, 6.45) is 1.33. The van der Waals surface area contributed by atoms with Crippen molar-refractivity contribution in [1.29, 1.82) is 0 Å². The zero-order chi connectivity index (χ0) is 19.4. The standard InChI is InChI=1S/C20H27N3O4/c1-14-3-4-17(20(26)23-9-11-27-12-10-23)13-18(14)21-19(25)16-5-7-22(8-6-16)15(2)24/h3-4,13,16H,5-12H2,1-2H3,(H,21,25). The fourth-order valence-corrected chi connectivity index (χ4v) is 3.53. The van der Waals surface area contributed by atoms with Crippen LogP contribution in [0.5, 0.6) is 0 Å². The van der Waals surface area contributed by atoms with Crippen LogP contribution in [0.3, 0.4) is 0 Å². The molecule has 0 unspecified atom stereocenters. The molecule has 0 saturated carbocycles. The van der Waals surface area contributed by atoms with E-state index in [1.807, 2.05) is 13.0 Å². The van der Waals surface area contributed by atoms with E-state index in [1.54, 1.807) is 28.9 Å². The maximum absolute atomic E-state index is 12.7. The van der Waals surface area contributed by atoms with Crippen molar-refractivity contribution in [3.63, 3.8) is 0 Å². The van der Waals surface area contributed by atoms with Crippen LogP contribution in [0.2, 0.25) is 0 Å². The molecule has 2 heterocycles. The Kier molecular flexibility index (Phi) is 6.11. The van der Waals surface area contributed by atoms with E-state index in [0.717, 1.165) is 5.56 Å². The first-order valence-electron chi connectivity index (χ1n) is 9.50. The van der Waals surface area contributed by atoms with Crippen LogP contribution in [-0.4, -0.2) is 66.9 Å². The molecule has 3 rings (SSSR count). The summed E-state index contributed by atoms with van der Waals surface area (Å²) in [6.45, 7) is 6.98. The number of piperidine rings is 1. The Bertz CT molecular complexity index is 720. The predicted molar refractivity (Wildman–Crippen MR) is 102 cm³/mol. The Balaban J connectivity index is 1.65. The quantitative estimate of drug-likeness (QED) is 0.874. The molecule has 1 aromatic rings. The van der Waals surface area contributed by atoms with Gasteiger partial charge in [0, 0.05) is 50.3 Å². The zero-order valence-electron chi connectivity index (χ0n) is 16.0. The minimum Gasteiger partial charge on any atom is -0.378 e. The number of carbonyl (C=O) groups is 3. The minimum absolute atomic E-state index is 0.0384. The van der Waals surface area contributed by atoms with Crippen LogP contribution in [0.15, 0.2) is 18.2 Å². The van der Waals surface area contributed by atoms with Gasteiger partial charge in [-0.1, -0.05) is 6.07 Å². The molecular formula is C20H27N3O4. The van der Waals surface area contributed by atoms with Crippen molar-refractivity contribution >= 4 is 23.4 Å². The molecule has 7 nitrogen and oxygen atoms in total. The van der Waals surface area contributed by atoms with Crippen molar-refractivity contribution in [2.75, 3.05) is 44.7 Å². The van der Waals surface area contributed by atoms with Gasteiger partial charge in [-0.2, -0.15) is 0 Å². The first-order valence-corrected chi connectivity index (χ1v) is 9.50. The lowest BCUT2D eigenvalue weighted by molar-refractivity contribution is -0.132. The summed E-state index contributed by atoms with van der Waals surface area (Å²) < 4.78 is 5.30. The summed E-state index contributed by atoms with van der Waals surface area (Å²) in [7, 11) is 0. The molecule has 0 bridgehead atoms. The molecule has 7 heteroatoms. The largest absolute Gasteiger partial charge is 0.378 e. The number of aryl methyl sites for hydroxylation is 1. The molecule has 146 valence electrons. The van der Waals surface area contributed by atoms with Gasteiger partial charge in [-0.05, 0) is 37.5 Å². The third-order valence-corrected chi connectivity index (χ3v) is 5.35. The lowest BCUT2D eigenvalue weighted by atomic mass is 9.95. The Hall–Kier alpha value is -2.41. The molecule has 0 aromatic heterocycles. The highest BCUT2D eigenvalue weighted by atomic mass is 16.5. The SMILES string of the molecule is CC(=O)N1CCC(C(=O)Nc2cc(C(=O)N3CCOCC3)ccc2C)CC1. The van der Waals surface area contributed by atoms with Gasteiger partial charge in [-0.25, -0.2) is 0 Å². The molecule has 3 amide bonds. The van der Waals surface area contributed by atoms with E-state index in [1.165, 1.54) is 0 Å². The highest BCUT2D eigenvalue weighted by molar-refractivity contribution is 5.98. The number of amides is 3. The molecule has 2 saturated heterocycles. The summed E-state index contributed by atoms with van der Waals surface area (Å²) in [5.74, 6) is -0.140. The van der Waals surface area contributed by atoms with E-state index >= 15 is 0 Å². The van der Waals surface area contributed by atoms with Gasteiger partial charge in [0.1, 0.15) is 0 Å². The molecule has 2 aliphatic rings. The topological polar surface area (TPSA) is 79.0 Å². The lowest BCUT2D eigenvalue weighted by Crippen LogP contribution is -2.41. The van der Waals surface area contributed by atoms with Crippen LogP contribution in [0.4, 0.5) is 5.69 Å². The molecule has 0 spiro atoms. The average Bonchev–Trinajstić information content (AvgIpc) is 2.69. The second kappa shape index (κ2) is 8.52. The Morgan fingerprint density at radius 2 is 1.70 bits per heavy atom. The van der Waals surface area contributed by atoms with E-state index in [2.05, 4.69) is 5.32 Å². The Labute approximate surface area is 159 Å². The number of ether oxygens (including phenoxy) is 1. The fraction of sp³-hybridized carbons (Fsp3) is 0.550. The van der Waals surface area contributed by atoms with Crippen LogP contribution in [0.1, 0.15) is 35.7 Å². The number of benzene rings is 1. The van der Waals surface area contributed by atoms with E-state index in [0.29, 0.717) is 63.5 Å². The highest BCUT2D eigenvalue weighted by Crippen LogP contribution is 2.23. The monoisotopic (exact) mass is 373 g/mol. The summed E-state index contributed by atoms with van der Waals surface area (Å²) in [4.78, 5) is 40.3. The summed E-state index contributed by atoms with van der Waals surface area (Å²) in [6, 6.07) is 5.42.